The van der Waals surface area contributed by atoms with Gasteiger partial charge in [-0.2, -0.15) is 0 Å². The predicted molar refractivity (Wildman–Crippen MR) is 99.2 cm³/mol. The van der Waals surface area contributed by atoms with Crippen molar-refractivity contribution in [2.75, 3.05) is 0 Å². The van der Waals surface area contributed by atoms with Crippen molar-refractivity contribution in [2.24, 2.45) is 23.2 Å². The monoisotopic (exact) mass is 306 g/mol. The minimum absolute atomic E-state index is 0.679. The third-order valence-corrected chi connectivity index (χ3v) is 7.36. The molecule has 22 heavy (non-hydrogen) atoms. The van der Waals surface area contributed by atoms with Crippen LogP contribution in [0.3, 0.4) is 0 Å². The summed E-state index contributed by atoms with van der Waals surface area (Å²) in [7, 11) is 0. The molecular formula is C22H42. The van der Waals surface area contributed by atoms with Gasteiger partial charge in [0.05, 0.1) is 0 Å². The molecule has 0 aliphatic heterocycles. The smallest absolute Gasteiger partial charge is 0.0303 e. The lowest BCUT2D eigenvalue weighted by Gasteiger charge is -2.37. The van der Waals surface area contributed by atoms with Crippen molar-refractivity contribution < 1.29 is 0 Å². The van der Waals surface area contributed by atoms with Gasteiger partial charge in [0.1, 0.15) is 0 Å². The fourth-order valence-corrected chi connectivity index (χ4v) is 5.15. The first-order valence-corrected chi connectivity index (χ1v) is 10.6. The maximum atomic E-state index is 2.46. The summed E-state index contributed by atoms with van der Waals surface area (Å²) in [6.07, 6.45) is 22.7. The zero-order valence-electron chi connectivity index (χ0n) is 15.8. The number of hydrogen-bond acceptors (Lipinski definition) is 0. The summed E-state index contributed by atoms with van der Waals surface area (Å²) in [6, 6.07) is 0. The predicted octanol–water partition coefficient (Wildman–Crippen LogP) is 7.76. The van der Waals surface area contributed by atoms with Crippen LogP contribution in [0.5, 0.6) is 0 Å². The molecule has 0 N–H and O–H groups in total. The first-order valence-electron chi connectivity index (χ1n) is 10.6. The molecule has 0 heteroatoms. The standard InChI is InChI=1S/C12H22.C10H20/c1-3-7-11(8-4-1)12-9-5-2-6-10-12;1-9(2)10(3)7-5-4-6-8-10/h11-12H,1-10H2;9H,4-8H2,1-3H3. The van der Waals surface area contributed by atoms with E-state index in [2.05, 4.69) is 20.8 Å². The van der Waals surface area contributed by atoms with E-state index in [-0.39, 0.29) is 0 Å². The van der Waals surface area contributed by atoms with E-state index in [1.807, 2.05) is 0 Å². The molecule has 0 saturated heterocycles. The zero-order chi connectivity index (χ0) is 15.8. The summed E-state index contributed by atoms with van der Waals surface area (Å²) in [5.74, 6) is 3.16. The molecule has 3 saturated carbocycles. The van der Waals surface area contributed by atoms with Gasteiger partial charge < -0.3 is 0 Å². The van der Waals surface area contributed by atoms with Crippen molar-refractivity contribution in [1.82, 2.24) is 0 Å². The van der Waals surface area contributed by atoms with Gasteiger partial charge in [-0.1, -0.05) is 104 Å². The average molecular weight is 307 g/mol. The Morgan fingerprint density at radius 2 is 0.955 bits per heavy atom. The summed E-state index contributed by atoms with van der Waals surface area (Å²) in [4.78, 5) is 0. The lowest BCUT2D eigenvalue weighted by atomic mass is 9.69. The van der Waals surface area contributed by atoms with Gasteiger partial charge in [-0.3, -0.25) is 0 Å². The molecule has 3 fully saturated rings. The van der Waals surface area contributed by atoms with Crippen molar-refractivity contribution in [3.05, 3.63) is 0 Å². The molecule has 0 heterocycles. The third-order valence-electron chi connectivity index (χ3n) is 7.36. The second-order valence-corrected chi connectivity index (χ2v) is 9.17. The highest BCUT2D eigenvalue weighted by atomic mass is 14.3. The second kappa shape index (κ2) is 9.33. The largest absolute Gasteiger partial charge is 0.0623 e. The SMILES string of the molecule is C1CCC(C2CCCCC2)CC1.CC(C)C1(C)CCCCC1. The van der Waals surface area contributed by atoms with Crippen molar-refractivity contribution in [3.63, 3.8) is 0 Å². The van der Waals surface area contributed by atoms with Crippen LogP contribution in [0.4, 0.5) is 0 Å². The molecule has 130 valence electrons. The van der Waals surface area contributed by atoms with Gasteiger partial charge in [-0.05, 0) is 36.0 Å². The minimum Gasteiger partial charge on any atom is -0.0623 e. The lowest BCUT2D eigenvalue weighted by molar-refractivity contribution is 0.143. The van der Waals surface area contributed by atoms with Crippen molar-refractivity contribution in [3.8, 4) is 0 Å². The van der Waals surface area contributed by atoms with Gasteiger partial charge in [-0.25, -0.2) is 0 Å². The van der Waals surface area contributed by atoms with Gasteiger partial charge >= 0.3 is 0 Å². The van der Waals surface area contributed by atoms with Crippen LogP contribution in [0.25, 0.3) is 0 Å². The molecule has 0 unspecified atom stereocenters. The summed E-state index contributed by atoms with van der Waals surface area (Å²) in [5.41, 5.74) is 0.679. The molecule has 0 aromatic rings. The average Bonchev–Trinajstić information content (AvgIpc) is 2.58. The van der Waals surface area contributed by atoms with Crippen molar-refractivity contribution in [1.29, 1.82) is 0 Å². The van der Waals surface area contributed by atoms with Crippen LogP contribution < -0.4 is 0 Å². The van der Waals surface area contributed by atoms with E-state index in [4.69, 9.17) is 0 Å². The summed E-state index contributed by atoms with van der Waals surface area (Å²) in [6.45, 7) is 7.19. The lowest BCUT2D eigenvalue weighted by Crippen LogP contribution is -2.25. The molecule has 0 bridgehead atoms. The highest BCUT2D eigenvalue weighted by molar-refractivity contribution is 4.80. The first kappa shape index (κ1) is 18.3. The van der Waals surface area contributed by atoms with Crippen LogP contribution in [0.15, 0.2) is 0 Å². The van der Waals surface area contributed by atoms with Crippen LogP contribution >= 0.6 is 0 Å². The Morgan fingerprint density at radius 1 is 0.591 bits per heavy atom. The van der Waals surface area contributed by atoms with Crippen LogP contribution in [0.1, 0.15) is 117 Å². The normalized spacial score (nSPS) is 27.3. The van der Waals surface area contributed by atoms with Crippen LogP contribution in [-0.2, 0) is 0 Å². The van der Waals surface area contributed by atoms with Crippen molar-refractivity contribution in [2.45, 2.75) is 117 Å². The fourth-order valence-electron chi connectivity index (χ4n) is 5.15. The van der Waals surface area contributed by atoms with Gasteiger partial charge in [0.2, 0.25) is 0 Å². The number of hydrogen-bond donors (Lipinski definition) is 0. The Morgan fingerprint density at radius 3 is 1.27 bits per heavy atom. The molecule has 0 radical (unpaired) electrons. The minimum atomic E-state index is 0.679. The molecule has 0 atom stereocenters. The van der Waals surface area contributed by atoms with Gasteiger partial charge in [0, 0.05) is 0 Å². The zero-order valence-corrected chi connectivity index (χ0v) is 15.8. The summed E-state index contributed by atoms with van der Waals surface area (Å²) < 4.78 is 0. The molecule has 0 nitrogen and oxygen atoms in total. The molecule has 0 aromatic carbocycles. The maximum absolute atomic E-state index is 2.46. The quantitative estimate of drug-likeness (QED) is 0.489. The molecule has 3 rings (SSSR count). The van der Waals surface area contributed by atoms with E-state index in [9.17, 15) is 0 Å². The summed E-state index contributed by atoms with van der Waals surface area (Å²) in [5, 5.41) is 0. The Labute approximate surface area is 140 Å². The molecule has 0 amide bonds. The topological polar surface area (TPSA) is 0 Å². The molecular weight excluding hydrogens is 264 g/mol. The molecule has 3 aliphatic rings. The third kappa shape index (κ3) is 5.57. The summed E-state index contributed by atoms with van der Waals surface area (Å²) >= 11 is 0. The van der Waals surface area contributed by atoms with E-state index in [1.165, 1.54) is 70.6 Å². The van der Waals surface area contributed by atoms with E-state index in [1.54, 1.807) is 25.7 Å². The van der Waals surface area contributed by atoms with Gasteiger partial charge in [0.15, 0.2) is 0 Å². The van der Waals surface area contributed by atoms with Crippen LogP contribution in [0.2, 0.25) is 0 Å². The molecule has 0 spiro atoms. The fraction of sp³-hybridized carbons (Fsp3) is 1.00. The second-order valence-electron chi connectivity index (χ2n) is 9.17. The van der Waals surface area contributed by atoms with Gasteiger partial charge in [-0.15, -0.1) is 0 Å². The maximum Gasteiger partial charge on any atom is -0.0303 e. The van der Waals surface area contributed by atoms with E-state index in [0.29, 0.717) is 5.41 Å². The number of rotatable bonds is 2. The van der Waals surface area contributed by atoms with E-state index >= 15 is 0 Å². The molecule has 3 aliphatic carbocycles. The Kier molecular flexibility index (Phi) is 7.78. The Balaban J connectivity index is 0.000000164. The Bertz CT molecular complexity index is 256. The van der Waals surface area contributed by atoms with E-state index in [0.717, 1.165) is 17.8 Å². The van der Waals surface area contributed by atoms with E-state index < -0.39 is 0 Å². The van der Waals surface area contributed by atoms with Crippen molar-refractivity contribution >= 4 is 0 Å². The molecule has 0 aromatic heterocycles. The van der Waals surface area contributed by atoms with Crippen LogP contribution in [0, 0.1) is 23.2 Å². The Hall–Kier alpha value is 0. The van der Waals surface area contributed by atoms with Gasteiger partial charge in [0.25, 0.3) is 0 Å². The highest BCUT2D eigenvalue weighted by Crippen LogP contribution is 2.41. The highest BCUT2D eigenvalue weighted by Gasteiger charge is 2.29. The van der Waals surface area contributed by atoms with Crippen LogP contribution in [-0.4, -0.2) is 0 Å². The first-order chi connectivity index (χ1) is 10.6.